The van der Waals surface area contributed by atoms with E-state index in [0.717, 1.165) is 45.4 Å². The van der Waals surface area contributed by atoms with Gasteiger partial charge in [-0.15, -0.1) is 24.0 Å². The normalized spacial score (nSPS) is 16.7. The van der Waals surface area contributed by atoms with Gasteiger partial charge in [0.25, 0.3) is 0 Å². The molecule has 1 aromatic carbocycles. The lowest BCUT2D eigenvalue weighted by Crippen LogP contribution is -2.42. The van der Waals surface area contributed by atoms with E-state index in [1.165, 1.54) is 11.1 Å². The van der Waals surface area contributed by atoms with Crippen molar-refractivity contribution in [1.29, 1.82) is 0 Å². The Morgan fingerprint density at radius 3 is 2.54 bits per heavy atom. The van der Waals surface area contributed by atoms with Gasteiger partial charge in [0.2, 0.25) is 0 Å². The first kappa shape index (κ1) is 23.1. The molecule has 148 valence electrons. The topological polar surface area (TPSA) is 58.1 Å². The molecule has 6 nitrogen and oxygen atoms in total. The standard InChI is InChI=1S/C19H32N4O2.HI/c1-4-20-19(21-9-12-24-3)22-15-18(23-10-13-25-14-11-23)17-7-5-16(2)6-8-17;/h5-8,18H,4,9-15H2,1-3H3,(H2,20,21,22);1H. The highest BCUT2D eigenvalue weighted by atomic mass is 127. The van der Waals surface area contributed by atoms with Crippen LogP contribution in [-0.2, 0) is 9.47 Å². The van der Waals surface area contributed by atoms with Crippen molar-refractivity contribution in [2.45, 2.75) is 19.9 Å². The fourth-order valence-corrected chi connectivity index (χ4v) is 2.90. The van der Waals surface area contributed by atoms with Crippen LogP contribution < -0.4 is 10.6 Å². The van der Waals surface area contributed by atoms with Gasteiger partial charge >= 0.3 is 0 Å². The Labute approximate surface area is 174 Å². The minimum atomic E-state index is 0. The van der Waals surface area contributed by atoms with Crippen LogP contribution in [0.1, 0.15) is 24.1 Å². The Hall–Kier alpha value is -0.900. The van der Waals surface area contributed by atoms with Crippen LogP contribution in [0.3, 0.4) is 0 Å². The summed E-state index contributed by atoms with van der Waals surface area (Å²) in [7, 11) is 1.71. The summed E-state index contributed by atoms with van der Waals surface area (Å²) >= 11 is 0. The van der Waals surface area contributed by atoms with Crippen molar-refractivity contribution in [2.75, 3.05) is 59.7 Å². The first-order chi connectivity index (χ1) is 12.2. The molecule has 26 heavy (non-hydrogen) atoms. The number of hydrogen-bond donors (Lipinski definition) is 2. The predicted molar refractivity (Wildman–Crippen MR) is 118 cm³/mol. The van der Waals surface area contributed by atoms with Gasteiger partial charge in [0.1, 0.15) is 0 Å². The minimum Gasteiger partial charge on any atom is -0.383 e. The van der Waals surface area contributed by atoms with Crippen molar-refractivity contribution in [3.05, 3.63) is 35.4 Å². The summed E-state index contributed by atoms with van der Waals surface area (Å²) in [5, 5.41) is 6.61. The van der Waals surface area contributed by atoms with Crippen molar-refractivity contribution in [3.8, 4) is 0 Å². The number of morpholine rings is 1. The highest BCUT2D eigenvalue weighted by molar-refractivity contribution is 14.0. The average Bonchev–Trinajstić information content (AvgIpc) is 2.64. The molecule has 1 atom stereocenters. The minimum absolute atomic E-state index is 0. The summed E-state index contributed by atoms with van der Waals surface area (Å²) in [6.45, 7) is 10.6. The first-order valence-corrected chi connectivity index (χ1v) is 9.14. The number of ether oxygens (including phenoxy) is 2. The number of methoxy groups -OCH3 is 1. The molecule has 0 amide bonds. The molecule has 1 saturated heterocycles. The van der Waals surface area contributed by atoms with Gasteiger partial charge in [0.05, 0.1) is 32.4 Å². The van der Waals surface area contributed by atoms with Crippen LogP contribution in [0.15, 0.2) is 29.3 Å². The zero-order valence-electron chi connectivity index (χ0n) is 16.2. The van der Waals surface area contributed by atoms with Crippen molar-refractivity contribution in [2.24, 2.45) is 4.99 Å². The third-order valence-electron chi connectivity index (χ3n) is 4.31. The van der Waals surface area contributed by atoms with E-state index >= 15 is 0 Å². The Morgan fingerprint density at radius 1 is 1.23 bits per heavy atom. The lowest BCUT2D eigenvalue weighted by atomic mass is 10.0. The Kier molecular flexibility index (Phi) is 11.8. The molecule has 1 fully saturated rings. The molecule has 1 heterocycles. The molecule has 2 rings (SSSR count). The lowest BCUT2D eigenvalue weighted by molar-refractivity contribution is 0.0179. The van der Waals surface area contributed by atoms with E-state index in [0.29, 0.717) is 13.2 Å². The molecule has 0 aromatic heterocycles. The number of guanidine groups is 1. The maximum atomic E-state index is 5.52. The second-order valence-electron chi connectivity index (χ2n) is 6.21. The Balaban J connectivity index is 0.00000338. The van der Waals surface area contributed by atoms with Gasteiger partial charge in [0, 0.05) is 33.3 Å². The van der Waals surface area contributed by atoms with Gasteiger partial charge in [-0.25, -0.2) is 0 Å². The molecule has 0 aliphatic carbocycles. The second kappa shape index (κ2) is 13.3. The number of benzene rings is 1. The average molecular weight is 476 g/mol. The third-order valence-corrected chi connectivity index (χ3v) is 4.31. The van der Waals surface area contributed by atoms with Gasteiger partial charge in [-0.3, -0.25) is 9.89 Å². The summed E-state index contributed by atoms with van der Waals surface area (Å²) in [6.07, 6.45) is 0. The number of rotatable bonds is 8. The first-order valence-electron chi connectivity index (χ1n) is 9.14. The monoisotopic (exact) mass is 476 g/mol. The number of hydrogen-bond acceptors (Lipinski definition) is 4. The highest BCUT2D eigenvalue weighted by Gasteiger charge is 2.22. The number of nitrogens with zero attached hydrogens (tertiary/aromatic N) is 2. The van der Waals surface area contributed by atoms with Gasteiger partial charge < -0.3 is 20.1 Å². The van der Waals surface area contributed by atoms with Crippen LogP contribution in [-0.4, -0.2) is 70.5 Å². The van der Waals surface area contributed by atoms with E-state index in [9.17, 15) is 0 Å². The van der Waals surface area contributed by atoms with Gasteiger partial charge in [-0.1, -0.05) is 29.8 Å². The molecule has 0 spiro atoms. The SMILES string of the molecule is CCNC(=NCC(c1ccc(C)cc1)N1CCOCC1)NCCOC.I. The molecular formula is C19H33IN4O2. The van der Waals surface area contributed by atoms with Crippen LogP contribution in [0, 0.1) is 6.92 Å². The third kappa shape index (κ3) is 7.77. The summed E-state index contributed by atoms with van der Waals surface area (Å²) in [6, 6.07) is 9.05. The quantitative estimate of drug-likeness (QED) is 0.261. The van der Waals surface area contributed by atoms with Crippen LogP contribution in [0.5, 0.6) is 0 Å². The van der Waals surface area contributed by atoms with Crippen LogP contribution in [0.2, 0.25) is 0 Å². The van der Waals surface area contributed by atoms with Gasteiger partial charge in [-0.05, 0) is 19.4 Å². The highest BCUT2D eigenvalue weighted by Crippen LogP contribution is 2.22. The lowest BCUT2D eigenvalue weighted by Gasteiger charge is -2.34. The maximum Gasteiger partial charge on any atom is 0.191 e. The van der Waals surface area contributed by atoms with E-state index < -0.39 is 0 Å². The van der Waals surface area contributed by atoms with E-state index in [2.05, 4.69) is 53.6 Å². The molecule has 1 unspecified atom stereocenters. The Bertz CT molecular complexity index is 519. The number of halogens is 1. The van der Waals surface area contributed by atoms with Crippen molar-refractivity contribution in [3.63, 3.8) is 0 Å². The second-order valence-corrected chi connectivity index (χ2v) is 6.21. The van der Waals surface area contributed by atoms with Crippen LogP contribution in [0.4, 0.5) is 0 Å². The van der Waals surface area contributed by atoms with Crippen molar-refractivity contribution in [1.82, 2.24) is 15.5 Å². The zero-order chi connectivity index (χ0) is 17.9. The molecular weight excluding hydrogens is 443 g/mol. The molecule has 1 aliphatic heterocycles. The molecule has 2 N–H and O–H groups in total. The number of aryl methyl sites for hydroxylation is 1. The largest absolute Gasteiger partial charge is 0.383 e. The van der Waals surface area contributed by atoms with E-state index in [4.69, 9.17) is 14.5 Å². The maximum absolute atomic E-state index is 5.52. The molecule has 1 aromatic rings. The summed E-state index contributed by atoms with van der Waals surface area (Å²) < 4.78 is 10.6. The van der Waals surface area contributed by atoms with Crippen LogP contribution >= 0.6 is 24.0 Å². The van der Waals surface area contributed by atoms with E-state index in [1.807, 2.05) is 0 Å². The fraction of sp³-hybridized carbons (Fsp3) is 0.632. The smallest absolute Gasteiger partial charge is 0.191 e. The summed E-state index contributed by atoms with van der Waals surface area (Å²) in [5.74, 6) is 0.838. The Morgan fingerprint density at radius 2 is 1.92 bits per heavy atom. The van der Waals surface area contributed by atoms with Crippen LogP contribution in [0.25, 0.3) is 0 Å². The van der Waals surface area contributed by atoms with E-state index in [1.54, 1.807) is 7.11 Å². The van der Waals surface area contributed by atoms with Crippen molar-refractivity contribution >= 4 is 29.9 Å². The molecule has 0 saturated carbocycles. The number of nitrogens with one attached hydrogen (secondary N) is 2. The predicted octanol–water partition coefficient (Wildman–Crippen LogP) is 2.19. The summed E-state index contributed by atoms with van der Waals surface area (Å²) in [4.78, 5) is 7.28. The fourth-order valence-electron chi connectivity index (χ4n) is 2.90. The van der Waals surface area contributed by atoms with Gasteiger partial charge in [0.15, 0.2) is 5.96 Å². The molecule has 0 radical (unpaired) electrons. The number of aliphatic imine (C=N–C) groups is 1. The van der Waals surface area contributed by atoms with Gasteiger partial charge in [-0.2, -0.15) is 0 Å². The molecule has 7 heteroatoms. The molecule has 1 aliphatic rings. The zero-order valence-corrected chi connectivity index (χ0v) is 18.5. The van der Waals surface area contributed by atoms with Crippen molar-refractivity contribution < 1.29 is 9.47 Å². The van der Waals surface area contributed by atoms with E-state index in [-0.39, 0.29) is 30.0 Å². The molecule has 0 bridgehead atoms. The summed E-state index contributed by atoms with van der Waals surface area (Å²) in [5.41, 5.74) is 2.59.